The van der Waals surface area contributed by atoms with Crippen LogP contribution >= 0.6 is 0 Å². The van der Waals surface area contributed by atoms with Crippen molar-refractivity contribution in [3.05, 3.63) is 36.0 Å². The Morgan fingerprint density at radius 2 is 2.05 bits per heavy atom. The van der Waals surface area contributed by atoms with Crippen LogP contribution in [0.4, 0.5) is 13.2 Å². The van der Waals surface area contributed by atoms with E-state index >= 15 is 0 Å². The van der Waals surface area contributed by atoms with E-state index in [1.807, 2.05) is 0 Å². The first-order valence-electron chi connectivity index (χ1n) is 5.00. The van der Waals surface area contributed by atoms with Crippen LogP contribution in [-0.2, 0) is 0 Å². The van der Waals surface area contributed by atoms with Gasteiger partial charge in [0.25, 0.3) is 0 Å². The van der Waals surface area contributed by atoms with Crippen molar-refractivity contribution >= 4 is 5.97 Å². The molecule has 2 N–H and O–H groups in total. The van der Waals surface area contributed by atoms with Crippen LogP contribution in [0.5, 0.6) is 5.75 Å². The maximum atomic E-state index is 12.1. The van der Waals surface area contributed by atoms with E-state index in [1.165, 1.54) is 18.2 Å². The lowest BCUT2D eigenvalue weighted by atomic mass is 10.1. The minimum atomic E-state index is -4.78. The summed E-state index contributed by atoms with van der Waals surface area (Å²) >= 11 is 0. The van der Waals surface area contributed by atoms with E-state index in [1.54, 1.807) is 0 Å². The number of ether oxygens (including phenoxy) is 1. The van der Waals surface area contributed by atoms with Gasteiger partial charge in [0.2, 0.25) is 0 Å². The Labute approximate surface area is 104 Å². The third kappa shape index (κ3) is 3.24. The number of hydrogen-bond donors (Lipinski definition) is 2. The second-order valence-electron chi connectivity index (χ2n) is 3.55. The Morgan fingerprint density at radius 1 is 1.32 bits per heavy atom. The zero-order chi connectivity index (χ0) is 14.0. The van der Waals surface area contributed by atoms with E-state index < -0.39 is 18.1 Å². The number of rotatable bonds is 3. The van der Waals surface area contributed by atoms with E-state index in [0.717, 1.165) is 12.1 Å². The summed E-state index contributed by atoms with van der Waals surface area (Å²) in [5, 5.41) is 14.7. The molecule has 1 aromatic carbocycles. The van der Waals surface area contributed by atoms with Crippen LogP contribution in [0.15, 0.2) is 30.3 Å². The molecule has 1 heterocycles. The monoisotopic (exact) mass is 272 g/mol. The molecule has 0 aliphatic heterocycles. The summed E-state index contributed by atoms with van der Waals surface area (Å²) < 4.78 is 40.0. The Morgan fingerprint density at radius 3 is 2.63 bits per heavy atom. The van der Waals surface area contributed by atoms with Crippen molar-refractivity contribution in [3.8, 4) is 17.0 Å². The van der Waals surface area contributed by atoms with Gasteiger partial charge in [-0.2, -0.15) is 5.10 Å². The van der Waals surface area contributed by atoms with Crippen LogP contribution in [-0.4, -0.2) is 27.6 Å². The summed E-state index contributed by atoms with van der Waals surface area (Å²) in [4.78, 5) is 10.7. The van der Waals surface area contributed by atoms with Crippen molar-refractivity contribution in [1.82, 2.24) is 10.2 Å². The second-order valence-corrected chi connectivity index (χ2v) is 3.55. The number of carboxylic acid groups (broad SMARTS) is 1. The maximum Gasteiger partial charge on any atom is 0.573 e. The number of nitrogens with zero attached hydrogens (tertiary/aromatic N) is 1. The minimum absolute atomic E-state index is 0.155. The third-order valence-corrected chi connectivity index (χ3v) is 2.17. The molecule has 1 aromatic heterocycles. The Hall–Kier alpha value is -2.51. The van der Waals surface area contributed by atoms with E-state index in [-0.39, 0.29) is 11.4 Å². The fraction of sp³-hybridized carbons (Fsp3) is 0.0909. The van der Waals surface area contributed by atoms with E-state index in [0.29, 0.717) is 5.56 Å². The SMILES string of the molecule is O=C(O)c1cc(-c2cccc(OC(F)(F)F)c2)n[nH]1. The highest BCUT2D eigenvalue weighted by atomic mass is 19.4. The zero-order valence-corrected chi connectivity index (χ0v) is 9.23. The fourth-order valence-corrected chi connectivity index (χ4v) is 1.43. The van der Waals surface area contributed by atoms with E-state index in [9.17, 15) is 18.0 Å². The number of alkyl halides is 3. The maximum absolute atomic E-state index is 12.1. The predicted molar refractivity (Wildman–Crippen MR) is 57.7 cm³/mol. The lowest BCUT2D eigenvalue weighted by molar-refractivity contribution is -0.274. The molecule has 0 bridgehead atoms. The van der Waals surface area contributed by atoms with Crippen molar-refractivity contribution in [2.45, 2.75) is 6.36 Å². The molecule has 0 unspecified atom stereocenters. The Kier molecular flexibility index (Phi) is 3.16. The van der Waals surface area contributed by atoms with Gasteiger partial charge in [-0.3, -0.25) is 5.10 Å². The third-order valence-electron chi connectivity index (χ3n) is 2.17. The Balaban J connectivity index is 2.29. The molecule has 5 nitrogen and oxygen atoms in total. The van der Waals surface area contributed by atoms with Gasteiger partial charge in [-0.15, -0.1) is 13.2 Å². The van der Waals surface area contributed by atoms with Gasteiger partial charge in [0.05, 0.1) is 5.69 Å². The lowest BCUT2D eigenvalue weighted by Crippen LogP contribution is -2.17. The molecule has 2 aromatic rings. The molecule has 8 heteroatoms. The summed E-state index contributed by atoms with van der Waals surface area (Å²) in [6, 6.07) is 6.32. The number of halogens is 3. The van der Waals surface area contributed by atoms with Crippen LogP contribution in [0.3, 0.4) is 0 Å². The highest BCUT2D eigenvalue weighted by molar-refractivity contribution is 5.86. The number of aromatic carboxylic acids is 1. The first kappa shape index (κ1) is 12.9. The molecule has 100 valence electrons. The van der Waals surface area contributed by atoms with E-state index in [2.05, 4.69) is 14.9 Å². The minimum Gasteiger partial charge on any atom is -0.477 e. The first-order valence-corrected chi connectivity index (χ1v) is 5.00. The molecule has 0 fully saturated rings. The summed E-state index contributed by atoms with van der Waals surface area (Å²) in [5.41, 5.74) is 0.368. The summed E-state index contributed by atoms with van der Waals surface area (Å²) in [5.74, 6) is -1.61. The average Bonchev–Trinajstić information content (AvgIpc) is 2.76. The smallest absolute Gasteiger partial charge is 0.477 e. The number of carboxylic acids is 1. The van der Waals surface area contributed by atoms with Gasteiger partial charge < -0.3 is 9.84 Å². The van der Waals surface area contributed by atoms with Crippen molar-refractivity contribution in [3.63, 3.8) is 0 Å². The van der Waals surface area contributed by atoms with Crippen molar-refractivity contribution in [2.75, 3.05) is 0 Å². The highest BCUT2D eigenvalue weighted by Gasteiger charge is 2.31. The average molecular weight is 272 g/mol. The molecule has 0 aliphatic carbocycles. The van der Waals surface area contributed by atoms with Crippen molar-refractivity contribution < 1.29 is 27.8 Å². The fourth-order valence-electron chi connectivity index (χ4n) is 1.43. The predicted octanol–water partition coefficient (Wildman–Crippen LogP) is 2.67. The highest BCUT2D eigenvalue weighted by Crippen LogP contribution is 2.27. The lowest BCUT2D eigenvalue weighted by Gasteiger charge is -2.09. The number of carbonyl (C=O) groups is 1. The molecule has 0 atom stereocenters. The molecule has 0 spiro atoms. The number of aromatic amines is 1. The molecular formula is C11H7F3N2O3. The van der Waals surface area contributed by atoms with Gasteiger partial charge in [-0.25, -0.2) is 4.79 Å². The standard InChI is InChI=1S/C11H7F3N2O3/c12-11(13,14)19-7-3-1-2-6(4-7)8-5-9(10(17)18)16-15-8/h1-5H,(H,15,16)(H,17,18). The molecule has 0 saturated carbocycles. The molecule has 0 saturated heterocycles. The number of H-pyrrole nitrogens is 1. The molecule has 2 rings (SSSR count). The van der Waals surface area contributed by atoms with Crippen LogP contribution in [0.2, 0.25) is 0 Å². The number of benzene rings is 1. The number of aromatic nitrogens is 2. The van der Waals surface area contributed by atoms with Crippen LogP contribution in [0, 0.1) is 0 Å². The van der Waals surface area contributed by atoms with Gasteiger partial charge in [-0.1, -0.05) is 12.1 Å². The summed E-state index contributed by atoms with van der Waals surface area (Å²) in [6.07, 6.45) is -4.78. The van der Waals surface area contributed by atoms with Crippen molar-refractivity contribution in [1.29, 1.82) is 0 Å². The van der Waals surface area contributed by atoms with Gasteiger partial charge in [0.1, 0.15) is 11.4 Å². The van der Waals surface area contributed by atoms with Gasteiger partial charge >= 0.3 is 12.3 Å². The van der Waals surface area contributed by atoms with Gasteiger partial charge in [0.15, 0.2) is 0 Å². The largest absolute Gasteiger partial charge is 0.573 e. The molecular weight excluding hydrogens is 265 g/mol. The topological polar surface area (TPSA) is 75.2 Å². The zero-order valence-electron chi connectivity index (χ0n) is 9.23. The van der Waals surface area contributed by atoms with Crippen molar-refractivity contribution in [2.24, 2.45) is 0 Å². The van der Waals surface area contributed by atoms with Crippen LogP contribution in [0.1, 0.15) is 10.5 Å². The molecule has 19 heavy (non-hydrogen) atoms. The summed E-state index contributed by atoms with van der Waals surface area (Å²) in [7, 11) is 0. The molecule has 0 radical (unpaired) electrons. The van der Waals surface area contributed by atoms with E-state index in [4.69, 9.17) is 5.11 Å². The van der Waals surface area contributed by atoms with Gasteiger partial charge in [-0.05, 0) is 18.2 Å². The summed E-state index contributed by atoms with van der Waals surface area (Å²) in [6.45, 7) is 0. The normalized spacial score (nSPS) is 11.3. The first-order chi connectivity index (χ1) is 8.85. The Bertz CT molecular complexity index is 607. The van der Waals surface area contributed by atoms with Crippen LogP contribution < -0.4 is 4.74 Å². The van der Waals surface area contributed by atoms with Crippen LogP contribution in [0.25, 0.3) is 11.3 Å². The molecule has 0 amide bonds. The van der Waals surface area contributed by atoms with Gasteiger partial charge in [0, 0.05) is 5.56 Å². The molecule has 0 aliphatic rings. The number of nitrogens with one attached hydrogen (secondary N) is 1. The quantitative estimate of drug-likeness (QED) is 0.900. The number of hydrogen-bond acceptors (Lipinski definition) is 3. The second kappa shape index (κ2) is 4.63.